The van der Waals surface area contributed by atoms with Crippen molar-refractivity contribution in [2.75, 3.05) is 0 Å². The van der Waals surface area contributed by atoms with E-state index in [0.717, 1.165) is 31.2 Å². The molecule has 1 N–H and O–H groups in total. The van der Waals surface area contributed by atoms with Crippen LogP contribution in [0.3, 0.4) is 0 Å². The first-order valence-electron chi connectivity index (χ1n) is 8.45. The number of hydrogen-bond acceptors (Lipinski definition) is 4. The number of carbonyl (C=O) groups is 1. The number of alkyl carbamates (subject to hydrolysis) is 1. The molecule has 1 aromatic carbocycles. The van der Waals surface area contributed by atoms with Crippen molar-refractivity contribution in [2.24, 2.45) is 5.92 Å². The Bertz CT molecular complexity index is 640. The third kappa shape index (κ3) is 3.52. The lowest BCUT2D eigenvalue weighted by Crippen LogP contribution is -2.44. The van der Waals surface area contributed by atoms with Gasteiger partial charge in [0.2, 0.25) is 0 Å². The molecule has 2 fully saturated rings. The van der Waals surface area contributed by atoms with Crippen LogP contribution in [0.1, 0.15) is 52.0 Å². The molecular formula is C18H24N2O4. The molecule has 0 heterocycles. The third-order valence-electron chi connectivity index (χ3n) is 4.75. The van der Waals surface area contributed by atoms with Crippen molar-refractivity contribution in [3.8, 4) is 0 Å². The Labute approximate surface area is 141 Å². The van der Waals surface area contributed by atoms with Gasteiger partial charge in [-0.3, -0.25) is 10.1 Å². The van der Waals surface area contributed by atoms with Crippen LogP contribution in [0.2, 0.25) is 0 Å². The van der Waals surface area contributed by atoms with E-state index in [1.807, 2.05) is 32.9 Å². The SMILES string of the molecule is CC(C)(C)NC(=O)OC(C1CC1)C1(c2ccc([N+](=O)[O-])cc2)CC1. The highest BCUT2D eigenvalue weighted by Gasteiger charge is 2.57. The average Bonchev–Trinajstić information content (AvgIpc) is 3.36. The highest BCUT2D eigenvalue weighted by Crippen LogP contribution is 2.57. The molecule has 3 rings (SSSR count). The lowest BCUT2D eigenvalue weighted by atomic mass is 9.87. The van der Waals surface area contributed by atoms with E-state index in [9.17, 15) is 14.9 Å². The third-order valence-corrected chi connectivity index (χ3v) is 4.75. The van der Waals surface area contributed by atoms with Crippen LogP contribution in [0.25, 0.3) is 0 Å². The second-order valence-electron chi connectivity index (χ2n) is 8.00. The standard InChI is InChI=1S/C18H24N2O4/c1-17(2,3)19-16(21)24-15(12-4-5-12)18(10-11-18)13-6-8-14(9-7-13)20(22)23/h6-9,12,15H,4-5,10-11H2,1-3H3,(H,19,21). The average molecular weight is 332 g/mol. The summed E-state index contributed by atoms with van der Waals surface area (Å²) in [4.78, 5) is 22.7. The zero-order chi connectivity index (χ0) is 17.5. The first kappa shape index (κ1) is 16.7. The molecule has 130 valence electrons. The molecule has 1 amide bonds. The fourth-order valence-electron chi connectivity index (χ4n) is 3.30. The van der Waals surface area contributed by atoms with E-state index < -0.39 is 4.92 Å². The van der Waals surface area contributed by atoms with Crippen LogP contribution in [-0.2, 0) is 10.2 Å². The highest BCUT2D eigenvalue weighted by molar-refractivity contribution is 5.68. The molecule has 0 radical (unpaired) electrons. The van der Waals surface area contributed by atoms with Gasteiger partial charge in [0.05, 0.1) is 4.92 Å². The minimum absolute atomic E-state index is 0.0870. The van der Waals surface area contributed by atoms with Crippen molar-refractivity contribution in [1.29, 1.82) is 0 Å². The van der Waals surface area contributed by atoms with Gasteiger partial charge in [0, 0.05) is 23.1 Å². The molecule has 1 unspecified atom stereocenters. The monoisotopic (exact) mass is 332 g/mol. The number of non-ortho nitro benzene ring substituents is 1. The van der Waals surface area contributed by atoms with E-state index in [0.29, 0.717) is 5.92 Å². The molecule has 6 nitrogen and oxygen atoms in total. The quantitative estimate of drug-likeness (QED) is 0.654. The lowest BCUT2D eigenvalue weighted by Gasteiger charge is -2.29. The van der Waals surface area contributed by atoms with Crippen molar-refractivity contribution >= 4 is 11.8 Å². The Morgan fingerprint density at radius 3 is 2.29 bits per heavy atom. The Morgan fingerprint density at radius 2 is 1.88 bits per heavy atom. The van der Waals surface area contributed by atoms with Gasteiger partial charge in [-0.1, -0.05) is 12.1 Å². The number of carbonyl (C=O) groups excluding carboxylic acids is 1. The Balaban J connectivity index is 1.78. The topological polar surface area (TPSA) is 81.5 Å². The van der Waals surface area contributed by atoms with Gasteiger partial charge >= 0.3 is 6.09 Å². The van der Waals surface area contributed by atoms with Gasteiger partial charge in [-0.25, -0.2) is 4.79 Å². The number of ether oxygens (including phenoxy) is 1. The Hall–Kier alpha value is -2.11. The molecule has 1 atom stereocenters. The van der Waals surface area contributed by atoms with E-state index in [1.165, 1.54) is 12.1 Å². The van der Waals surface area contributed by atoms with Crippen molar-refractivity contribution < 1.29 is 14.5 Å². The van der Waals surface area contributed by atoms with E-state index in [1.54, 1.807) is 0 Å². The van der Waals surface area contributed by atoms with Crippen molar-refractivity contribution in [2.45, 2.75) is 63.5 Å². The van der Waals surface area contributed by atoms with Gasteiger partial charge in [0.25, 0.3) is 5.69 Å². The summed E-state index contributed by atoms with van der Waals surface area (Å²) in [6.07, 6.45) is 3.52. The first-order valence-corrected chi connectivity index (χ1v) is 8.45. The summed E-state index contributed by atoms with van der Waals surface area (Å²) in [7, 11) is 0. The molecular weight excluding hydrogens is 308 g/mol. The fraction of sp³-hybridized carbons (Fsp3) is 0.611. The fourth-order valence-corrected chi connectivity index (χ4v) is 3.30. The number of nitrogens with one attached hydrogen (secondary N) is 1. The molecule has 1 aromatic rings. The first-order chi connectivity index (χ1) is 11.2. The van der Waals surface area contributed by atoms with Crippen LogP contribution in [0.5, 0.6) is 0 Å². The number of benzene rings is 1. The van der Waals surface area contributed by atoms with Crippen molar-refractivity contribution in [3.63, 3.8) is 0 Å². The molecule has 2 aliphatic rings. The van der Waals surface area contributed by atoms with Gasteiger partial charge in [-0.05, 0) is 57.9 Å². The van der Waals surface area contributed by atoms with Crippen LogP contribution in [-0.4, -0.2) is 22.7 Å². The van der Waals surface area contributed by atoms with Crippen LogP contribution in [0.15, 0.2) is 24.3 Å². The number of nitrogens with zero attached hydrogens (tertiary/aromatic N) is 1. The second kappa shape index (κ2) is 5.76. The van der Waals surface area contributed by atoms with Gasteiger partial charge in [0.1, 0.15) is 6.10 Å². The van der Waals surface area contributed by atoms with Gasteiger partial charge < -0.3 is 10.1 Å². The smallest absolute Gasteiger partial charge is 0.407 e. The molecule has 0 bridgehead atoms. The summed E-state index contributed by atoms with van der Waals surface area (Å²) >= 11 is 0. The van der Waals surface area contributed by atoms with E-state index in [2.05, 4.69) is 5.32 Å². The molecule has 0 saturated heterocycles. The number of hydrogen-bond donors (Lipinski definition) is 1. The van der Waals surface area contributed by atoms with E-state index in [-0.39, 0.29) is 28.8 Å². The van der Waals surface area contributed by atoms with Gasteiger partial charge in [-0.15, -0.1) is 0 Å². The zero-order valence-corrected chi connectivity index (χ0v) is 14.4. The molecule has 0 aromatic heterocycles. The number of rotatable bonds is 5. The van der Waals surface area contributed by atoms with Crippen LogP contribution in [0, 0.1) is 16.0 Å². The van der Waals surface area contributed by atoms with Crippen LogP contribution >= 0.6 is 0 Å². The lowest BCUT2D eigenvalue weighted by molar-refractivity contribution is -0.384. The maximum absolute atomic E-state index is 12.2. The molecule has 0 spiro atoms. The van der Waals surface area contributed by atoms with Crippen molar-refractivity contribution in [3.05, 3.63) is 39.9 Å². The number of nitro benzene ring substituents is 1. The predicted molar refractivity (Wildman–Crippen MR) is 89.9 cm³/mol. The zero-order valence-electron chi connectivity index (χ0n) is 14.4. The summed E-state index contributed by atoms with van der Waals surface area (Å²) in [6.45, 7) is 5.76. The summed E-state index contributed by atoms with van der Waals surface area (Å²) in [5, 5.41) is 13.7. The normalized spacial score (nSPS) is 20.1. The summed E-state index contributed by atoms with van der Waals surface area (Å²) in [5.41, 5.74) is 0.610. The van der Waals surface area contributed by atoms with Gasteiger partial charge in [-0.2, -0.15) is 0 Å². The van der Waals surface area contributed by atoms with E-state index in [4.69, 9.17) is 4.74 Å². The molecule has 2 saturated carbocycles. The molecule has 6 heteroatoms. The second-order valence-corrected chi connectivity index (χ2v) is 8.00. The maximum atomic E-state index is 12.2. The Morgan fingerprint density at radius 1 is 1.29 bits per heavy atom. The molecule has 0 aliphatic heterocycles. The largest absolute Gasteiger partial charge is 0.445 e. The minimum Gasteiger partial charge on any atom is -0.445 e. The molecule has 2 aliphatic carbocycles. The number of amides is 1. The predicted octanol–water partition coefficient (Wildman–Crippen LogP) is 3.93. The van der Waals surface area contributed by atoms with Gasteiger partial charge in [0.15, 0.2) is 0 Å². The number of nitro groups is 1. The summed E-state index contributed by atoms with van der Waals surface area (Å²) in [6, 6.07) is 6.69. The summed E-state index contributed by atoms with van der Waals surface area (Å²) < 4.78 is 5.83. The Kier molecular flexibility index (Phi) is 4.01. The van der Waals surface area contributed by atoms with E-state index >= 15 is 0 Å². The molecule has 24 heavy (non-hydrogen) atoms. The minimum atomic E-state index is -0.394. The van der Waals surface area contributed by atoms with Crippen LogP contribution < -0.4 is 5.32 Å². The van der Waals surface area contributed by atoms with Crippen LogP contribution in [0.4, 0.5) is 10.5 Å². The van der Waals surface area contributed by atoms with Crippen molar-refractivity contribution in [1.82, 2.24) is 5.32 Å². The summed E-state index contributed by atoms with van der Waals surface area (Å²) in [5.74, 6) is 0.397. The maximum Gasteiger partial charge on any atom is 0.407 e. The highest BCUT2D eigenvalue weighted by atomic mass is 16.6.